The summed E-state index contributed by atoms with van der Waals surface area (Å²) in [5.41, 5.74) is 0.560. The van der Waals surface area contributed by atoms with Crippen LogP contribution in [0, 0.1) is 0 Å². The van der Waals surface area contributed by atoms with Crippen molar-refractivity contribution in [2.75, 3.05) is 11.9 Å². The molecule has 6 heteroatoms. The molecule has 1 unspecified atom stereocenters. The van der Waals surface area contributed by atoms with Crippen molar-refractivity contribution in [2.24, 2.45) is 0 Å². The van der Waals surface area contributed by atoms with Gasteiger partial charge in [-0.25, -0.2) is 18.1 Å². The van der Waals surface area contributed by atoms with Gasteiger partial charge in [0.15, 0.2) is 5.03 Å². The molecule has 20 heavy (non-hydrogen) atoms. The molecule has 0 aliphatic rings. The van der Waals surface area contributed by atoms with Crippen LogP contribution in [0.4, 0.5) is 5.69 Å². The summed E-state index contributed by atoms with van der Waals surface area (Å²) in [4.78, 5) is 4.02. The number of rotatable bonds is 9. The van der Waals surface area contributed by atoms with Crippen LogP contribution in [-0.2, 0) is 10.0 Å². The quantitative estimate of drug-likeness (QED) is 0.735. The van der Waals surface area contributed by atoms with E-state index >= 15 is 0 Å². The Bertz CT molecular complexity index is 503. The van der Waals surface area contributed by atoms with Crippen LogP contribution in [0.3, 0.4) is 0 Å². The maximum atomic E-state index is 12.4. The third-order valence-corrected chi connectivity index (χ3v) is 4.49. The summed E-state index contributed by atoms with van der Waals surface area (Å²) in [6.07, 6.45) is 5.32. The fourth-order valence-electron chi connectivity index (χ4n) is 1.89. The highest BCUT2D eigenvalue weighted by Gasteiger charge is 2.21. The first kappa shape index (κ1) is 16.9. The number of aromatic nitrogens is 1. The summed E-state index contributed by atoms with van der Waals surface area (Å²) in [5.74, 6) is 0. The number of hydrogen-bond acceptors (Lipinski definition) is 4. The third kappa shape index (κ3) is 5.09. The Balaban J connectivity index is 2.86. The second-order valence-electron chi connectivity index (χ2n) is 4.95. The van der Waals surface area contributed by atoms with E-state index in [1.54, 1.807) is 12.1 Å². The zero-order chi connectivity index (χ0) is 15.0. The van der Waals surface area contributed by atoms with Crippen LogP contribution in [0.15, 0.2) is 23.4 Å². The second kappa shape index (κ2) is 8.21. The summed E-state index contributed by atoms with van der Waals surface area (Å²) in [7, 11) is -3.57. The average Bonchev–Trinajstić information content (AvgIpc) is 2.42. The fraction of sp³-hybridized carbons (Fsp3) is 0.643. The van der Waals surface area contributed by atoms with E-state index in [0.29, 0.717) is 5.69 Å². The fourth-order valence-corrected chi connectivity index (χ4v) is 3.28. The SMILES string of the molecule is CCCCC(C)NS(=O)(=O)c1ncccc1NCCC. The lowest BCUT2D eigenvalue weighted by Gasteiger charge is -2.15. The summed E-state index contributed by atoms with van der Waals surface area (Å²) < 4.78 is 27.4. The molecule has 1 heterocycles. The molecule has 1 aromatic heterocycles. The predicted molar refractivity (Wildman–Crippen MR) is 82.3 cm³/mol. The van der Waals surface area contributed by atoms with Crippen LogP contribution in [0.2, 0.25) is 0 Å². The Morgan fingerprint density at radius 3 is 2.70 bits per heavy atom. The molecular formula is C14H25N3O2S. The molecule has 1 rings (SSSR count). The third-order valence-electron chi connectivity index (χ3n) is 2.94. The molecule has 1 aromatic rings. The minimum atomic E-state index is -3.57. The van der Waals surface area contributed by atoms with Gasteiger partial charge in [0.2, 0.25) is 0 Å². The van der Waals surface area contributed by atoms with Crippen LogP contribution in [0.5, 0.6) is 0 Å². The van der Waals surface area contributed by atoms with E-state index in [1.807, 2.05) is 13.8 Å². The van der Waals surface area contributed by atoms with Crippen molar-refractivity contribution < 1.29 is 8.42 Å². The van der Waals surface area contributed by atoms with Gasteiger partial charge >= 0.3 is 0 Å². The lowest BCUT2D eigenvalue weighted by atomic mass is 10.2. The first-order chi connectivity index (χ1) is 9.51. The Morgan fingerprint density at radius 2 is 2.05 bits per heavy atom. The average molecular weight is 299 g/mol. The van der Waals surface area contributed by atoms with Crippen molar-refractivity contribution in [1.82, 2.24) is 9.71 Å². The molecule has 0 bridgehead atoms. The first-order valence-electron chi connectivity index (χ1n) is 7.22. The number of nitrogens with one attached hydrogen (secondary N) is 2. The van der Waals surface area contributed by atoms with Crippen LogP contribution in [0.25, 0.3) is 0 Å². The summed E-state index contributed by atoms with van der Waals surface area (Å²) in [6.45, 7) is 6.73. The van der Waals surface area contributed by atoms with Crippen molar-refractivity contribution in [3.05, 3.63) is 18.3 Å². The van der Waals surface area contributed by atoms with Crippen molar-refractivity contribution in [2.45, 2.75) is 57.5 Å². The predicted octanol–water partition coefficient (Wildman–Crippen LogP) is 2.76. The molecule has 0 aliphatic heterocycles. The maximum Gasteiger partial charge on any atom is 0.260 e. The molecule has 0 spiro atoms. The van der Waals surface area contributed by atoms with Gasteiger partial charge in [0.25, 0.3) is 10.0 Å². The van der Waals surface area contributed by atoms with E-state index in [9.17, 15) is 8.42 Å². The number of hydrogen-bond donors (Lipinski definition) is 2. The van der Waals surface area contributed by atoms with E-state index in [1.165, 1.54) is 6.20 Å². The lowest BCUT2D eigenvalue weighted by Crippen LogP contribution is -2.33. The molecule has 0 saturated carbocycles. The van der Waals surface area contributed by atoms with E-state index in [4.69, 9.17) is 0 Å². The van der Waals surface area contributed by atoms with Gasteiger partial charge in [-0.2, -0.15) is 0 Å². The standard InChI is InChI=1S/C14H25N3O2S/c1-4-6-8-12(3)17-20(18,19)14-13(15-10-5-2)9-7-11-16-14/h7,9,11-12,15,17H,4-6,8,10H2,1-3H3. The van der Waals surface area contributed by atoms with Crippen molar-refractivity contribution >= 4 is 15.7 Å². The molecule has 1 atom stereocenters. The lowest BCUT2D eigenvalue weighted by molar-refractivity contribution is 0.532. The molecule has 5 nitrogen and oxygen atoms in total. The van der Waals surface area contributed by atoms with Gasteiger partial charge in [-0.1, -0.05) is 26.7 Å². The molecule has 0 amide bonds. The highest BCUT2D eigenvalue weighted by molar-refractivity contribution is 7.89. The summed E-state index contributed by atoms with van der Waals surface area (Å²) >= 11 is 0. The second-order valence-corrected chi connectivity index (χ2v) is 6.58. The highest BCUT2D eigenvalue weighted by Crippen LogP contribution is 2.18. The zero-order valence-electron chi connectivity index (χ0n) is 12.5. The Morgan fingerprint density at radius 1 is 1.30 bits per heavy atom. The van der Waals surface area contributed by atoms with Crippen LogP contribution in [-0.4, -0.2) is 26.0 Å². The van der Waals surface area contributed by atoms with E-state index in [2.05, 4.69) is 21.9 Å². The van der Waals surface area contributed by atoms with Gasteiger partial charge in [0.05, 0.1) is 5.69 Å². The highest BCUT2D eigenvalue weighted by atomic mass is 32.2. The van der Waals surface area contributed by atoms with Gasteiger partial charge in [0, 0.05) is 18.8 Å². The Kier molecular flexibility index (Phi) is 6.95. The molecule has 0 fully saturated rings. The number of anilines is 1. The van der Waals surface area contributed by atoms with Crippen LogP contribution >= 0.6 is 0 Å². The monoisotopic (exact) mass is 299 g/mol. The smallest absolute Gasteiger partial charge is 0.260 e. The zero-order valence-corrected chi connectivity index (χ0v) is 13.3. The normalized spacial score (nSPS) is 13.2. The van der Waals surface area contributed by atoms with Gasteiger partial charge in [-0.05, 0) is 31.9 Å². The molecule has 0 radical (unpaired) electrons. The van der Waals surface area contributed by atoms with Crippen molar-refractivity contribution in [3.63, 3.8) is 0 Å². The first-order valence-corrected chi connectivity index (χ1v) is 8.70. The van der Waals surface area contributed by atoms with Gasteiger partial charge < -0.3 is 5.32 Å². The molecule has 2 N–H and O–H groups in total. The molecule has 0 aromatic carbocycles. The molecule has 114 valence electrons. The number of sulfonamides is 1. The summed E-state index contributed by atoms with van der Waals surface area (Å²) in [5, 5.41) is 3.18. The van der Waals surface area contributed by atoms with Crippen molar-refractivity contribution in [3.8, 4) is 0 Å². The van der Waals surface area contributed by atoms with Crippen LogP contribution in [0.1, 0.15) is 46.5 Å². The summed E-state index contributed by atoms with van der Waals surface area (Å²) in [6, 6.07) is 3.40. The minimum Gasteiger partial charge on any atom is -0.383 e. The minimum absolute atomic E-state index is 0.0804. The van der Waals surface area contributed by atoms with Gasteiger partial charge in [-0.15, -0.1) is 0 Å². The van der Waals surface area contributed by atoms with Crippen LogP contribution < -0.4 is 10.0 Å². The maximum absolute atomic E-state index is 12.4. The number of pyridine rings is 1. The largest absolute Gasteiger partial charge is 0.383 e. The van der Waals surface area contributed by atoms with Crippen molar-refractivity contribution in [1.29, 1.82) is 0 Å². The Hall–Kier alpha value is -1.14. The topological polar surface area (TPSA) is 71.1 Å². The molecule has 0 aliphatic carbocycles. The Labute approximate surface area is 122 Å². The molecular weight excluding hydrogens is 274 g/mol. The van der Waals surface area contributed by atoms with Gasteiger partial charge in [-0.3, -0.25) is 0 Å². The van der Waals surface area contributed by atoms with E-state index < -0.39 is 10.0 Å². The van der Waals surface area contributed by atoms with Gasteiger partial charge in [0.1, 0.15) is 0 Å². The number of unbranched alkanes of at least 4 members (excludes halogenated alkanes) is 1. The van der Waals surface area contributed by atoms with E-state index in [-0.39, 0.29) is 11.1 Å². The molecule has 0 saturated heterocycles. The number of nitrogens with zero attached hydrogens (tertiary/aromatic N) is 1. The van der Waals surface area contributed by atoms with E-state index in [0.717, 1.165) is 32.2 Å².